The van der Waals surface area contributed by atoms with Crippen LogP contribution in [0.25, 0.3) is 0 Å². The van der Waals surface area contributed by atoms with Crippen LogP contribution in [0.15, 0.2) is 60.7 Å². The van der Waals surface area contributed by atoms with E-state index < -0.39 is 28.6 Å². The number of rotatable bonds is 10. The predicted molar refractivity (Wildman–Crippen MR) is 259 cm³/mol. The van der Waals surface area contributed by atoms with Gasteiger partial charge in [0.05, 0.1) is 35.6 Å². The summed E-state index contributed by atoms with van der Waals surface area (Å²) in [7, 11) is 7.21. The molecular weight excluding hydrogens is 754 g/mol. The molecule has 6 fully saturated rings. The molecule has 4 aliphatic carbocycles. The van der Waals surface area contributed by atoms with Gasteiger partial charge in [0.25, 0.3) is 0 Å². The summed E-state index contributed by atoms with van der Waals surface area (Å²) < 4.78 is 28.7. The van der Waals surface area contributed by atoms with E-state index in [-0.39, 0.29) is 20.5 Å². The fourth-order valence-electron chi connectivity index (χ4n) is 12.5. The summed E-state index contributed by atoms with van der Waals surface area (Å²) in [6.07, 6.45) is 35.4. The first-order valence-corrected chi connectivity index (χ1v) is 31.1. The first-order valence-electron chi connectivity index (χ1n) is 22.9. The van der Waals surface area contributed by atoms with E-state index in [1.165, 1.54) is 133 Å². The second-order valence-electron chi connectivity index (χ2n) is 18.8. The summed E-state index contributed by atoms with van der Waals surface area (Å²) in [5.74, 6) is 0. The predicted octanol–water partition coefficient (Wildman–Crippen LogP) is 14.5. The van der Waals surface area contributed by atoms with Crippen molar-refractivity contribution in [2.75, 3.05) is 24.6 Å². The summed E-state index contributed by atoms with van der Waals surface area (Å²) in [6, 6.07) is 21.3. The molecule has 0 bridgehead atoms. The van der Waals surface area contributed by atoms with Crippen LogP contribution < -0.4 is 10.6 Å². The van der Waals surface area contributed by atoms with Crippen LogP contribution in [0.1, 0.15) is 169 Å². The van der Waals surface area contributed by atoms with Gasteiger partial charge in [-0.1, -0.05) is 115 Å². The Balaban J connectivity index is 0.000000207. The molecule has 0 spiro atoms. The molecule has 2 aromatic rings. The van der Waals surface area contributed by atoms with Gasteiger partial charge >= 0.3 is 15.1 Å². The van der Waals surface area contributed by atoms with E-state index in [1.807, 2.05) is 18.2 Å². The Hall–Kier alpha value is -0.110. The van der Waals surface area contributed by atoms with Gasteiger partial charge in [0.2, 0.25) is 0 Å². The molecule has 0 amide bonds. The van der Waals surface area contributed by atoms with Crippen molar-refractivity contribution in [2.45, 2.75) is 203 Å². The molecule has 6 aliphatic rings. The van der Waals surface area contributed by atoms with E-state index in [1.54, 1.807) is 0 Å². The highest BCUT2D eigenvalue weighted by molar-refractivity contribution is 8.05. The zero-order chi connectivity index (χ0) is 37.5. The van der Waals surface area contributed by atoms with Crippen molar-refractivity contribution >= 4 is 54.3 Å². The molecule has 4 radical (unpaired) electrons. The Labute approximate surface area is 350 Å². The van der Waals surface area contributed by atoms with Crippen molar-refractivity contribution < 1.29 is 9.13 Å². The summed E-state index contributed by atoms with van der Waals surface area (Å²) in [4.78, 5) is 0. The first-order chi connectivity index (χ1) is 26.3. The van der Waals surface area contributed by atoms with Gasteiger partial charge in [-0.15, -0.1) is 0 Å². The first kappa shape index (κ1) is 46.9. The van der Waals surface area contributed by atoms with Crippen molar-refractivity contribution in [1.29, 1.82) is 0 Å². The third kappa shape index (κ3) is 10.5. The standard InChI is InChI=1S/C23H36B2P2.C23H36O2P2.2CH4/c2*24-26(20-11-4-1-5-12-20)18-10-17-23(26)19-27(25,21-13-6-2-7-14-21)22-15-8-3-9-16-22;;/h2*1,4-5,11-12,21-23H,2-3,6-10,13-19H2;2*1H4/q+2;;;/t;23?,26-;;/m.0../s1. The lowest BCUT2D eigenvalue weighted by molar-refractivity contribution is 0.446. The lowest BCUT2D eigenvalue weighted by Crippen LogP contribution is -2.35. The largest absolute Gasteiger partial charge is 0.371 e. The Morgan fingerprint density at radius 1 is 0.607 bits per heavy atom. The van der Waals surface area contributed by atoms with Gasteiger partial charge in [0.1, 0.15) is 7.14 Å². The van der Waals surface area contributed by atoms with E-state index >= 15 is 0 Å². The van der Waals surface area contributed by atoms with Crippen LogP contribution in [0.5, 0.6) is 0 Å². The second kappa shape index (κ2) is 21.6. The maximum absolute atomic E-state index is 14.7. The quantitative estimate of drug-likeness (QED) is 0.176. The molecule has 8 rings (SSSR count). The lowest BCUT2D eigenvalue weighted by atomic mass is 9.99. The van der Waals surface area contributed by atoms with Crippen LogP contribution in [-0.4, -0.2) is 73.7 Å². The zero-order valence-electron chi connectivity index (χ0n) is 33.8. The minimum absolute atomic E-state index is 0. The van der Waals surface area contributed by atoms with Gasteiger partial charge in [0.15, 0.2) is 0 Å². The molecule has 4 saturated carbocycles. The molecule has 2 nitrogen and oxygen atoms in total. The maximum atomic E-state index is 14.7. The van der Waals surface area contributed by atoms with Crippen molar-refractivity contribution in [1.82, 2.24) is 0 Å². The second-order valence-corrected chi connectivity index (χ2v) is 33.0. The fraction of sp³-hybridized carbons (Fsp3) is 0.750. The minimum atomic E-state index is -2.40. The van der Waals surface area contributed by atoms with Crippen molar-refractivity contribution in [2.24, 2.45) is 0 Å². The van der Waals surface area contributed by atoms with E-state index in [0.29, 0.717) is 17.0 Å². The van der Waals surface area contributed by atoms with Crippen molar-refractivity contribution in [3.63, 3.8) is 0 Å². The average Bonchev–Trinajstić information content (AvgIpc) is 3.81. The van der Waals surface area contributed by atoms with Gasteiger partial charge in [-0.3, -0.25) is 0 Å². The normalized spacial score (nSPS) is 30.1. The van der Waals surface area contributed by atoms with E-state index in [4.69, 9.17) is 15.1 Å². The monoisotopic (exact) mass is 835 g/mol. The van der Waals surface area contributed by atoms with Crippen LogP contribution in [-0.2, 0) is 9.13 Å². The topological polar surface area (TPSA) is 34.1 Å². The Bertz CT molecular complexity index is 1490. The third-order valence-electron chi connectivity index (χ3n) is 15.7. The molecule has 2 aromatic carbocycles. The third-order valence-corrected chi connectivity index (χ3v) is 33.4. The van der Waals surface area contributed by atoms with Gasteiger partial charge in [0, 0.05) is 40.8 Å². The van der Waals surface area contributed by atoms with Crippen molar-refractivity contribution in [3.05, 3.63) is 60.7 Å². The molecule has 8 heteroatoms. The molecule has 56 heavy (non-hydrogen) atoms. The molecule has 0 N–H and O–H groups in total. The van der Waals surface area contributed by atoms with Gasteiger partial charge in [-0.25, -0.2) is 0 Å². The average molecular weight is 835 g/mol. The summed E-state index contributed by atoms with van der Waals surface area (Å²) in [6.45, 7) is 0. The molecular formula is C48H80B2O2P4+2. The number of hydrogen-bond acceptors (Lipinski definition) is 2. The molecule has 0 aromatic heterocycles. The Kier molecular flexibility index (Phi) is 18.1. The number of hydrogen-bond donors (Lipinski definition) is 0. The summed E-state index contributed by atoms with van der Waals surface area (Å²) in [5, 5.41) is 2.51. The smallest absolute Gasteiger partial charge is 0.323 e. The van der Waals surface area contributed by atoms with Crippen LogP contribution in [0.4, 0.5) is 0 Å². The summed E-state index contributed by atoms with van der Waals surface area (Å²) >= 11 is 0. The zero-order valence-corrected chi connectivity index (χ0v) is 37.4. The van der Waals surface area contributed by atoms with Gasteiger partial charge < -0.3 is 9.13 Å². The molecule has 2 heterocycles. The Morgan fingerprint density at radius 2 is 1.07 bits per heavy atom. The fourth-order valence-corrected chi connectivity index (χ4v) is 31.7. The highest BCUT2D eigenvalue weighted by Gasteiger charge is 2.56. The van der Waals surface area contributed by atoms with E-state index in [2.05, 4.69) is 42.5 Å². The minimum Gasteiger partial charge on any atom is -0.323 e. The van der Waals surface area contributed by atoms with Crippen LogP contribution in [0, 0.1) is 0 Å². The SMILES string of the molecule is C.C.O=P(CC1CCC[P@]1(=O)c1ccccc1)(C1CCCCC1)C1CCCCC1.[B][P+]1(c2ccccc2)CCCC1C[P+]([B])(C1CCCCC1)C1CCCCC1. The molecule has 2 aliphatic heterocycles. The molecule has 4 atom stereocenters. The Morgan fingerprint density at radius 3 is 1.57 bits per heavy atom. The van der Waals surface area contributed by atoms with Gasteiger partial charge in [-0.05, 0) is 129 Å². The summed E-state index contributed by atoms with van der Waals surface area (Å²) in [5.41, 5.74) is 3.42. The van der Waals surface area contributed by atoms with Crippen LogP contribution in [0.3, 0.4) is 0 Å². The van der Waals surface area contributed by atoms with E-state index in [9.17, 15) is 9.13 Å². The maximum Gasteiger partial charge on any atom is 0.371 e. The molecule has 3 unspecified atom stereocenters. The van der Waals surface area contributed by atoms with Crippen LogP contribution in [0.2, 0.25) is 0 Å². The van der Waals surface area contributed by atoms with E-state index in [0.717, 1.165) is 67.5 Å². The number of benzene rings is 2. The lowest BCUT2D eigenvalue weighted by Gasteiger charge is -2.44. The van der Waals surface area contributed by atoms with Crippen molar-refractivity contribution in [3.8, 4) is 0 Å². The highest BCUT2D eigenvalue weighted by atomic mass is 31.2. The van der Waals surface area contributed by atoms with Crippen LogP contribution >= 0.6 is 28.6 Å². The van der Waals surface area contributed by atoms with Gasteiger partial charge in [-0.2, -0.15) is 0 Å². The molecule has 308 valence electrons. The highest BCUT2D eigenvalue weighted by Crippen LogP contribution is 2.75. The molecule has 2 saturated heterocycles.